The zero-order valence-electron chi connectivity index (χ0n) is 9.76. The molecule has 88 valence electrons. The van der Waals surface area contributed by atoms with Crippen LogP contribution in [0.1, 0.15) is 24.5 Å². The van der Waals surface area contributed by atoms with Gasteiger partial charge in [-0.05, 0) is 31.0 Å². The van der Waals surface area contributed by atoms with Crippen LogP contribution >= 0.6 is 0 Å². The molecule has 1 aliphatic rings. The number of aromatic nitrogens is 2. The molecule has 2 aromatic rings. The molecule has 4 heteroatoms. The van der Waals surface area contributed by atoms with E-state index >= 15 is 0 Å². The van der Waals surface area contributed by atoms with E-state index in [4.69, 9.17) is 10.5 Å². The molecule has 0 radical (unpaired) electrons. The second-order valence-electron chi connectivity index (χ2n) is 4.38. The van der Waals surface area contributed by atoms with E-state index < -0.39 is 0 Å². The highest BCUT2D eigenvalue weighted by molar-refractivity contribution is 5.60. The highest BCUT2D eigenvalue weighted by atomic mass is 16.5. The van der Waals surface area contributed by atoms with E-state index in [9.17, 15) is 0 Å². The number of nitrogen functional groups attached to an aromatic ring is 1. The molecule has 1 fully saturated rings. The van der Waals surface area contributed by atoms with Crippen molar-refractivity contribution in [2.45, 2.75) is 18.8 Å². The minimum absolute atomic E-state index is 0.663. The van der Waals surface area contributed by atoms with Crippen molar-refractivity contribution in [2.24, 2.45) is 0 Å². The van der Waals surface area contributed by atoms with Gasteiger partial charge in [0.05, 0.1) is 24.2 Å². The summed E-state index contributed by atoms with van der Waals surface area (Å²) in [5.41, 5.74) is 8.73. The lowest BCUT2D eigenvalue weighted by atomic mass is 10.2. The third kappa shape index (κ3) is 1.86. The van der Waals surface area contributed by atoms with Gasteiger partial charge < -0.3 is 10.5 Å². The summed E-state index contributed by atoms with van der Waals surface area (Å²) in [6.45, 7) is 0. The Kier molecular flexibility index (Phi) is 2.28. The number of anilines is 1. The summed E-state index contributed by atoms with van der Waals surface area (Å²) in [4.78, 5) is 0. The summed E-state index contributed by atoms with van der Waals surface area (Å²) in [6.07, 6.45) is 4.48. The van der Waals surface area contributed by atoms with Crippen LogP contribution in [0.2, 0.25) is 0 Å². The molecule has 1 aliphatic carbocycles. The summed E-state index contributed by atoms with van der Waals surface area (Å²) < 4.78 is 6.97. The summed E-state index contributed by atoms with van der Waals surface area (Å²) >= 11 is 0. The predicted molar refractivity (Wildman–Crippen MR) is 66.5 cm³/mol. The average molecular weight is 229 g/mol. The first-order valence-corrected chi connectivity index (χ1v) is 5.77. The van der Waals surface area contributed by atoms with Gasteiger partial charge in [0.1, 0.15) is 5.75 Å². The monoisotopic (exact) mass is 229 g/mol. The first-order valence-electron chi connectivity index (χ1n) is 5.77. The quantitative estimate of drug-likeness (QED) is 0.822. The van der Waals surface area contributed by atoms with Gasteiger partial charge in [-0.25, -0.2) is 4.68 Å². The standard InChI is InChI=1S/C13H15N3O/c1-17-10-4-5-13(11(14)8-10)16-7-6-12(15-16)9-2-3-9/h4-9H,2-3,14H2,1H3. The topological polar surface area (TPSA) is 53.1 Å². The van der Waals surface area contributed by atoms with Gasteiger partial charge in [0.15, 0.2) is 0 Å². The van der Waals surface area contributed by atoms with Crippen molar-refractivity contribution in [3.05, 3.63) is 36.2 Å². The highest BCUT2D eigenvalue weighted by Gasteiger charge is 2.26. The van der Waals surface area contributed by atoms with Crippen LogP contribution in [0, 0.1) is 0 Å². The van der Waals surface area contributed by atoms with Gasteiger partial charge in [-0.15, -0.1) is 0 Å². The van der Waals surface area contributed by atoms with Crippen molar-refractivity contribution in [2.75, 3.05) is 12.8 Å². The van der Waals surface area contributed by atoms with Crippen molar-refractivity contribution < 1.29 is 4.74 Å². The SMILES string of the molecule is COc1ccc(-n2ccc(C3CC3)n2)c(N)c1. The lowest BCUT2D eigenvalue weighted by Crippen LogP contribution is -2.01. The maximum Gasteiger partial charge on any atom is 0.121 e. The molecule has 0 atom stereocenters. The molecule has 0 saturated heterocycles. The Balaban J connectivity index is 1.96. The minimum Gasteiger partial charge on any atom is -0.497 e. The van der Waals surface area contributed by atoms with Gasteiger partial charge in [0.25, 0.3) is 0 Å². The number of rotatable bonds is 3. The van der Waals surface area contributed by atoms with Crippen LogP contribution < -0.4 is 10.5 Å². The van der Waals surface area contributed by atoms with Crippen LogP contribution in [0.4, 0.5) is 5.69 Å². The molecule has 0 bridgehead atoms. The minimum atomic E-state index is 0.663. The average Bonchev–Trinajstić information content (AvgIpc) is 3.08. The third-order valence-electron chi connectivity index (χ3n) is 3.09. The Morgan fingerprint density at radius 2 is 2.18 bits per heavy atom. The number of benzene rings is 1. The molecule has 4 nitrogen and oxygen atoms in total. The molecular weight excluding hydrogens is 214 g/mol. The van der Waals surface area contributed by atoms with Crippen LogP contribution in [0.3, 0.4) is 0 Å². The summed E-state index contributed by atoms with van der Waals surface area (Å²) in [5.74, 6) is 1.43. The first-order chi connectivity index (χ1) is 8.28. The van der Waals surface area contributed by atoms with Crippen molar-refractivity contribution >= 4 is 5.69 Å². The molecule has 1 heterocycles. The number of hydrogen-bond acceptors (Lipinski definition) is 3. The second-order valence-corrected chi connectivity index (χ2v) is 4.38. The Bertz CT molecular complexity index is 543. The summed E-state index contributed by atoms with van der Waals surface area (Å²) in [7, 11) is 1.63. The first kappa shape index (κ1) is 10.2. The summed E-state index contributed by atoms with van der Waals surface area (Å²) in [6, 6.07) is 7.71. The van der Waals surface area contributed by atoms with E-state index in [0.29, 0.717) is 11.6 Å². The van der Waals surface area contributed by atoms with Crippen molar-refractivity contribution in [3.8, 4) is 11.4 Å². The second kappa shape index (κ2) is 3.80. The molecule has 0 unspecified atom stereocenters. The third-order valence-corrected chi connectivity index (χ3v) is 3.09. The highest BCUT2D eigenvalue weighted by Crippen LogP contribution is 2.39. The molecule has 3 rings (SSSR count). The van der Waals surface area contributed by atoms with E-state index in [0.717, 1.165) is 11.4 Å². The largest absolute Gasteiger partial charge is 0.497 e. The van der Waals surface area contributed by atoms with Gasteiger partial charge in [-0.1, -0.05) is 0 Å². The normalized spacial score (nSPS) is 14.9. The maximum absolute atomic E-state index is 5.99. The zero-order valence-corrected chi connectivity index (χ0v) is 9.76. The lowest BCUT2D eigenvalue weighted by molar-refractivity contribution is 0.415. The van der Waals surface area contributed by atoms with Crippen LogP contribution in [0.25, 0.3) is 5.69 Å². The van der Waals surface area contributed by atoms with E-state index in [1.807, 2.05) is 29.1 Å². The molecule has 0 aliphatic heterocycles. The molecular formula is C13H15N3O. The Hall–Kier alpha value is -1.97. The molecule has 0 amide bonds. The number of nitrogens with zero attached hydrogens (tertiary/aromatic N) is 2. The van der Waals surface area contributed by atoms with Crippen LogP contribution in [0.15, 0.2) is 30.5 Å². The van der Waals surface area contributed by atoms with Crippen LogP contribution in [-0.2, 0) is 0 Å². The molecule has 1 aromatic heterocycles. The van der Waals surface area contributed by atoms with E-state index in [1.165, 1.54) is 18.5 Å². The fraction of sp³-hybridized carbons (Fsp3) is 0.308. The summed E-state index contributed by atoms with van der Waals surface area (Å²) in [5, 5.41) is 4.55. The predicted octanol–water partition coefficient (Wildman–Crippen LogP) is 2.34. The number of ether oxygens (including phenoxy) is 1. The fourth-order valence-corrected chi connectivity index (χ4v) is 1.94. The lowest BCUT2D eigenvalue weighted by Gasteiger charge is -2.07. The van der Waals surface area contributed by atoms with Gasteiger partial charge in [0, 0.05) is 18.2 Å². The van der Waals surface area contributed by atoms with Crippen LogP contribution in [0.5, 0.6) is 5.75 Å². The van der Waals surface area contributed by atoms with Crippen molar-refractivity contribution in [1.82, 2.24) is 9.78 Å². The van der Waals surface area contributed by atoms with Crippen molar-refractivity contribution in [3.63, 3.8) is 0 Å². The number of nitrogens with two attached hydrogens (primary N) is 1. The van der Waals surface area contributed by atoms with Crippen LogP contribution in [-0.4, -0.2) is 16.9 Å². The Labute approximate surface area is 100 Å². The fourth-order valence-electron chi connectivity index (χ4n) is 1.94. The van der Waals surface area contributed by atoms with Gasteiger partial charge in [-0.2, -0.15) is 5.10 Å². The smallest absolute Gasteiger partial charge is 0.121 e. The molecule has 17 heavy (non-hydrogen) atoms. The Morgan fingerprint density at radius 1 is 1.35 bits per heavy atom. The maximum atomic E-state index is 5.99. The molecule has 2 N–H and O–H groups in total. The van der Waals surface area contributed by atoms with Gasteiger partial charge in [-0.3, -0.25) is 0 Å². The molecule has 1 aromatic carbocycles. The van der Waals surface area contributed by atoms with E-state index in [2.05, 4.69) is 11.2 Å². The van der Waals surface area contributed by atoms with E-state index in [-0.39, 0.29) is 0 Å². The van der Waals surface area contributed by atoms with Crippen molar-refractivity contribution in [1.29, 1.82) is 0 Å². The zero-order chi connectivity index (χ0) is 11.8. The van der Waals surface area contributed by atoms with E-state index in [1.54, 1.807) is 7.11 Å². The number of methoxy groups -OCH3 is 1. The number of hydrogen-bond donors (Lipinski definition) is 1. The van der Waals surface area contributed by atoms with Gasteiger partial charge >= 0.3 is 0 Å². The molecule has 1 saturated carbocycles. The Morgan fingerprint density at radius 3 is 2.82 bits per heavy atom. The molecule has 0 spiro atoms. The van der Waals surface area contributed by atoms with Gasteiger partial charge in [0.2, 0.25) is 0 Å².